The number of carbonyl (C=O) groups is 3. The molecule has 0 aromatic heterocycles. The van der Waals surface area contributed by atoms with E-state index in [1.807, 2.05) is 0 Å². The van der Waals surface area contributed by atoms with Crippen molar-refractivity contribution in [2.24, 2.45) is 11.8 Å². The summed E-state index contributed by atoms with van der Waals surface area (Å²) in [6.07, 6.45) is 1.47. The first kappa shape index (κ1) is 17.6. The quantitative estimate of drug-likeness (QED) is 0.798. The number of nitrogens with one attached hydrogen (secondary N) is 2. The fraction of sp³-hybridized carbons (Fsp3) is 0.526. The number of carbonyl (C=O) groups excluding carboxylic acids is 3. The first-order valence-corrected chi connectivity index (χ1v) is 8.94. The Kier molecular flexibility index (Phi) is 4.90. The lowest BCUT2D eigenvalue weighted by Gasteiger charge is -2.34. The zero-order valence-electron chi connectivity index (χ0n) is 15.0. The van der Waals surface area contributed by atoms with Gasteiger partial charge in [0.25, 0.3) is 5.91 Å². The van der Waals surface area contributed by atoms with E-state index in [1.54, 1.807) is 24.3 Å². The largest absolute Gasteiger partial charge is 0.326 e. The average molecular weight is 344 g/mol. The second-order valence-electron chi connectivity index (χ2n) is 7.56. The number of imide groups is 1. The summed E-state index contributed by atoms with van der Waals surface area (Å²) in [5, 5.41) is 2.68. The molecule has 2 aliphatic heterocycles. The third-order valence-electron chi connectivity index (χ3n) is 5.11. The van der Waals surface area contributed by atoms with Crippen LogP contribution >= 0.6 is 0 Å². The fourth-order valence-corrected chi connectivity index (χ4v) is 4.24. The Hall–Kier alpha value is -2.21. The number of hydrogen-bond acceptors (Lipinski definition) is 3. The number of piperidine rings is 1. The molecule has 3 atom stereocenters. The van der Waals surface area contributed by atoms with E-state index in [0.29, 0.717) is 23.2 Å². The Morgan fingerprint density at radius 3 is 2.28 bits per heavy atom. The van der Waals surface area contributed by atoms with E-state index >= 15 is 0 Å². The van der Waals surface area contributed by atoms with E-state index in [1.165, 1.54) is 23.1 Å². The maximum absolute atomic E-state index is 12.9. The molecule has 6 heteroatoms. The summed E-state index contributed by atoms with van der Waals surface area (Å²) in [4.78, 5) is 39.0. The molecule has 0 unspecified atom stereocenters. The summed E-state index contributed by atoms with van der Waals surface area (Å²) in [5.74, 6) is 0.757. The lowest BCUT2D eigenvalue weighted by Crippen LogP contribution is -3.18. The predicted molar refractivity (Wildman–Crippen MR) is 95.3 cm³/mol. The number of nitrogens with zero attached hydrogens (tertiary/aromatic N) is 1. The molecule has 1 aromatic rings. The fourth-order valence-electron chi connectivity index (χ4n) is 4.24. The van der Waals surface area contributed by atoms with Crippen LogP contribution < -0.4 is 15.1 Å². The summed E-state index contributed by atoms with van der Waals surface area (Å²) in [7, 11) is 0. The van der Waals surface area contributed by atoms with Gasteiger partial charge in [0.05, 0.1) is 25.2 Å². The smallest absolute Gasteiger partial charge is 0.292 e. The zero-order chi connectivity index (χ0) is 18.1. The van der Waals surface area contributed by atoms with Gasteiger partial charge in [0, 0.05) is 24.4 Å². The minimum absolute atomic E-state index is 0.103. The van der Waals surface area contributed by atoms with Crippen LogP contribution in [0.4, 0.5) is 11.4 Å². The van der Waals surface area contributed by atoms with Gasteiger partial charge >= 0.3 is 0 Å². The van der Waals surface area contributed by atoms with Crippen molar-refractivity contribution in [1.29, 1.82) is 0 Å². The van der Waals surface area contributed by atoms with E-state index in [-0.39, 0.29) is 30.2 Å². The molecular weight excluding hydrogens is 318 g/mol. The molecule has 1 aromatic carbocycles. The average Bonchev–Trinajstić information content (AvgIpc) is 2.82. The van der Waals surface area contributed by atoms with E-state index in [4.69, 9.17) is 0 Å². The molecule has 134 valence electrons. The number of amides is 3. The van der Waals surface area contributed by atoms with Crippen molar-refractivity contribution in [2.75, 3.05) is 23.3 Å². The summed E-state index contributed by atoms with van der Waals surface area (Å²) < 4.78 is 0. The highest BCUT2D eigenvalue weighted by Gasteiger charge is 2.47. The highest BCUT2D eigenvalue weighted by molar-refractivity contribution is 6.21. The highest BCUT2D eigenvalue weighted by atomic mass is 16.2. The molecule has 25 heavy (non-hydrogen) atoms. The van der Waals surface area contributed by atoms with Gasteiger partial charge in [-0.2, -0.15) is 0 Å². The number of quaternary nitrogens is 1. The molecule has 2 fully saturated rings. The molecular formula is C19H26N3O3+. The minimum Gasteiger partial charge on any atom is -0.326 e. The Balaban J connectivity index is 1.76. The summed E-state index contributed by atoms with van der Waals surface area (Å²) in [6, 6.07) is 6.57. The van der Waals surface area contributed by atoms with Crippen LogP contribution in [0.25, 0.3) is 0 Å². The van der Waals surface area contributed by atoms with Crippen molar-refractivity contribution in [2.45, 2.75) is 39.7 Å². The molecule has 2 aliphatic rings. The second-order valence-corrected chi connectivity index (χ2v) is 7.56. The Bertz CT molecular complexity index is 676. The summed E-state index contributed by atoms with van der Waals surface area (Å²) >= 11 is 0. The SMILES string of the molecule is CC(=O)Nc1ccc(N2C(=O)C[C@@H]([NH+]3C[C@@H](C)C[C@H](C)C3)C2=O)cc1. The standard InChI is InChI=1S/C19H25N3O3/c1-12-8-13(2)11-21(10-12)17-9-18(24)22(19(17)25)16-6-4-15(5-7-16)20-14(3)23/h4-7,12-13,17H,8-11H2,1-3H3,(H,20,23)/p+1/t12-,13-,17+/m0/s1. The minimum atomic E-state index is -0.271. The van der Waals surface area contributed by atoms with Crippen molar-refractivity contribution in [3.63, 3.8) is 0 Å². The lowest BCUT2D eigenvalue weighted by atomic mass is 9.90. The van der Waals surface area contributed by atoms with Crippen LogP contribution in [0.15, 0.2) is 24.3 Å². The molecule has 0 aliphatic carbocycles. The number of rotatable bonds is 3. The van der Waals surface area contributed by atoms with E-state index in [9.17, 15) is 14.4 Å². The molecule has 2 heterocycles. The van der Waals surface area contributed by atoms with Crippen LogP contribution in [-0.2, 0) is 14.4 Å². The van der Waals surface area contributed by atoms with Gasteiger partial charge in [-0.05, 0) is 30.7 Å². The molecule has 0 radical (unpaired) electrons. The monoisotopic (exact) mass is 344 g/mol. The van der Waals surface area contributed by atoms with Crippen LogP contribution in [0, 0.1) is 11.8 Å². The van der Waals surface area contributed by atoms with Gasteiger partial charge in [0.2, 0.25) is 11.8 Å². The number of benzene rings is 1. The van der Waals surface area contributed by atoms with Gasteiger partial charge in [0.15, 0.2) is 6.04 Å². The van der Waals surface area contributed by atoms with Crippen molar-refractivity contribution in [3.8, 4) is 0 Å². The maximum atomic E-state index is 12.9. The zero-order valence-corrected chi connectivity index (χ0v) is 15.0. The van der Waals surface area contributed by atoms with Gasteiger partial charge in [0.1, 0.15) is 0 Å². The molecule has 6 nitrogen and oxygen atoms in total. The van der Waals surface area contributed by atoms with Crippen molar-refractivity contribution in [1.82, 2.24) is 0 Å². The number of anilines is 2. The molecule has 0 bridgehead atoms. The third kappa shape index (κ3) is 3.74. The third-order valence-corrected chi connectivity index (χ3v) is 5.11. The van der Waals surface area contributed by atoms with Gasteiger partial charge in [-0.1, -0.05) is 13.8 Å². The van der Waals surface area contributed by atoms with Gasteiger partial charge in [-0.25, -0.2) is 4.90 Å². The van der Waals surface area contributed by atoms with Crippen molar-refractivity contribution < 1.29 is 19.3 Å². The molecule has 0 saturated carbocycles. The van der Waals surface area contributed by atoms with Gasteiger partial charge < -0.3 is 10.2 Å². The van der Waals surface area contributed by atoms with Crippen molar-refractivity contribution in [3.05, 3.63) is 24.3 Å². The molecule has 3 rings (SSSR count). The van der Waals surface area contributed by atoms with Crippen LogP contribution in [0.1, 0.15) is 33.6 Å². The van der Waals surface area contributed by atoms with Crippen LogP contribution in [-0.4, -0.2) is 36.9 Å². The van der Waals surface area contributed by atoms with Gasteiger partial charge in [-0.3, -0.25) is 14.4 Å². The highest BCUT2D eigenvalue weighted by Crippen LogP contribution is 2.24. The number of likely N-dealkylation sites (tertiary alicyclic amines) is 1. The molecule has 0 spiro atoms. The molecule has 2 N–H and O–H groups in total. The normalized spacial score (nSPS) is 29.8. The van der Waals surface area contributed by atoms with Crippen LogP contribution in [0.2, 0.25) is 0 Å². The van der Waals surface area contributed by atoms with E-state index < -0.39 is 0 Å². The summed E-state index contributed by atoms with van der Waals surface area (Å²) in [5.41, 5.74) is 1.22. The first-order chi connectivity index (χ1) is 11.8. The molecule has 2 saturated heterocycles. The van der Waals surface area contributed by atoms with E-state index in [2.05, 4.69) is 19.2 Å². The number of hydrogen-bond donors (Lipinski definition) is 2. The first-order valence-electron chi connectivity index (χ1n) is 8.94. The van der Waals surface area contributed by atoms with Gasteiger partial charge in [-0.15, -0.1) is 0 Å². The van der Waals surface area contributed by atoms with Crippen LogP contribution in [0.5, 0.6) is 0 Å². The predicted octanol–water partition coefficient (Wildman–Crippen LogP) is 0.838. The Labute approximate surface area is 148 Å². The maximum Gasteiger partial charge on any atom is 0.292 e. The Morgan fingerprint density at radius 1 is 1.12 bits per heavy atom. The second kappa shape index (κ2) is 6.96. The van der Waals surface area contributed by atoms with Crippen LogP contribution in [0.3, 0.4) is 0 Å². The lowest BCUT2D eigenvalue weighted by molar-refractivity contribution is -0.926. The Morgan fingerprint density at radius 2 is 1.72 bits per heavy atom. The molecule has 3 amide bonds. The van der Waals surface area contributed by atoms with Crippen molar-refractivity contribution >= 4 is 29.1 Å². The van der Waals surface area contributed by atoms with E-state index in [0.717, 1.165) is 13.1 Å². The summed E-state index contributed by atoms with van der Waals surface area (Å²) in [6.45, 7) is 7.77. The topological polar surface area (TPSA) is 70.9 Å².